The second-order valence-corrected chi connectivity index (χ2v) is 10.4. The van der Waals surface area contributed by atoms with Gasteiger partial charge in [-0.1, -0.05) is 11.6 Å². The van der Waals surface area contributed by atoms with Crippen LogP contribution in [0, 0.1) is 5.82 Å². The Morgan fingerprint density at radius 3 is 2.74 bits per heavy atom. The van der Waals surface area contributed by atoms with Gasteiger partial charge in [-0.3, -0.25) is 9.69 Å². The molecule has 8 nitrogen and oxygen atoms in total. The lowest BCUT2D eigenvalue weighted by atomic mass is 9.60. The third kappa shape index (κ3) is 2.57. The Balaban J connectivity index is 1.39. The van der Waals surface area contributed by atoms with Crippen LogP contribution >= 0.6 is 23.2 Å². The predicted molar refractivity (Wildman–Crippen MR) is 111 cm³/mol. The van der Waals surface area contributed by atoms with Gasteiger partial charge in [-0.25, -0.2) is 9.37 Å². The number of pyridine rings is 1. The van der Waals surface area contributed by atoms with E-state index in [2.05, 4.69) is 24.8 Å². The van der Waals surface area contributed by atoms with Crippen LogP contribution < -0.4 is 9.64 Å². The van der Waals surface area contributed by atoms with Gasteiger partial charge in [0.25, 0.3) is 0 Å². The van der Waals surface area contributed by atoms with E-state index in [1.807, 2.05) is 20.8 Å². The van der Waals surface area contributed by atoms with Crippen LogP contribution in [0.15, 0.2) is 0 Å². The molecule has 6 rings (SSSR count). The summed E-state index contributed by atoms with van der Waals surface area (Å²) in [5.41, 5.74) is -1.09. The van der Waals surface area contributed by atoms with Crippen LogP contribution in [0.2, 0.25) is 10.4 Å². The molecule has 0 saturated carbocycles. The summed E-state index contributed by atoms with van der Waals surface area (Å²) >= 11 is 12.1. The van der Waals surface area contributed by atoms with Crippen molar-refractivity contribution in [3.63, 3.8) is 0 Å². The van der Waals surface area contributed by atoms with Crippen LogP contribution in [-0.2, 0) is 9.53 Å². The van der Waals surface area contributed by atoms with E-state index >= 15 is 0 Å². The number of ether oxygens (including phenoxy) is 2. The number of hydrogen-bond donors (Lipinski definition) is 0. The van der Waals surface area contributed by atoms with Crippen LogP contribution in [0.4, 0.5) is 10.2 Å². The maximum absolute atomic E-state index is 14.7. The summed E-state index contributed by atoms with van der Waals surface area (Å²) in [6.45, 7) is 6.55. The van der Waals surface area contributed by atoms with Crippen LogP contribution in [0.5, 0.6) is 5.88 Å². The molecule has 3 fully saturated rings. The van der Waals surface area contributed by atoms with Crippen molar-refractivity contribution in [3.05, 3.63) is 16.3 Å². The number of piperazine rings is 1. The molecule has 0 spiro atoms. The number of carbonyl (C=O) groups excluding carboxylic acids is 1. The minimum absolute atomic E-state index is 0.00148. The van der Waals surface area contributed by atoms with Crippen molar-refractivity contribution in [3.8, 4) is 5.88 Å². The number of aromatic nitrogens is 3. The largest absolute Gasteiger partial charge is 0.475 e. The average molecular weight is 468 g/mol. The summed E-state index contributed by atoms with van der Waals surface area (Å²) < 4.78 is 26.4. The van der Waals surface area contributed by atoms with Gasteiger partial charge in [0.05, 0.1) is 6.04 Å². The Morgan fingerprint density at radius 1 is 1.23 bits per heavy atom. The Morgan fingerprint density at radius 2 is 2.00 bits per heavy atom. The second-order valence-electron chi connectivity index (χ2n) is 9.66. The number of piperidine rings is 1. The quantitative estimate of drug-likeness (QED) is 0.359. The molecule has 0 N–H and O–H groups in total. The first kappa shape index (κ1) is 19.7. The van der Waals surface area contributed by atoms with Gasteiger partial charge in [0.15, 0.2) is 11.0 Å². The summed E-state index contributed by atoms with van der Waals surface area (Å²) in [5, 5.41) is -0.0122. The molecule has 6 heterocycles. The molecule has 2 aromatic rings. The lowest BCUT2D eigenvalue weighted by molar-refractivity contribution is -0.240. The molecule has 4 aliphatic rings. The molecule has 4 atom stereocenters. The number of rotatable bonds is 1. The van der Waals surface area contributed by atoms with Crippen molar-refractivity contribution < 1.29 is 18.7 Å². The average Bonchev–Trinajstić information content (AvgIpc) is 2.77. The number of carbonyl (C=O) groups is 1. The van der Waals surface area contributed by atoms with Crippen molar-refractivity contribution in [2.24, 2.45) is 0 Å². The zero-order valence-corrected chi connectivity index (χ0v) is 18.7. The van der Waals surface area contributed by atoms with Gasteiger partial charge in [-0.05, 0) is 45.2 Å². The van der Waals surface area contributed by atoms with Gasteiger partial charge in [-0.15, -0.1) is 0 Å². The topological polar surface area (TPSA) is 80.7 Å². The first-order valence-corrected chi connectivity index (χ1v) is 11.0. The van der Waals surface area contributed by atoms with Crippen LogP contribution in [-0.4, -0.2) is 68.2 Å². The van der Waals surface area contributed by atoms with Crippen LogP contribution in [0.25, 0.3) is 10.9 Å². The highest BCUT2D eigenvalue weighted by Gasteiger charge is 2.72. The van der Waals surface area contributed by atoms with Crippen molar-refractivity contribution in [2.75, 3.05) is 18.1 Å². The first-order chi connectivity index (χ1) is 14.6. The number of anilines is 1. The van der Waals surface area contributed by atoms with Gasteiger partial charge >= 0.3 is 5.97 Å². The molecule has 4 aliphatic heterocycles. The molecule has 0 radical (unpaired) electrons. The van der Waals surface area contributed by atoms with Crippen molar-refractivity contribution in [2.45, 2.75) is 62.9 Å². The number of esters is 1. The van der Waals surface area contributed by atoms with Crippen molar-refractivity contribution in [1.82, 2.24) is 19.9 Å². The zero-order valence-electron chi connectivity index (χ0n) is 17.2. The number of nitrogens with zero attached hydrogens (tertiary/aromatic N) is 5. The highest BCUT2D eigenvalue weighted by molar-refractivity contribution is 6.31. The minimum Gasteiger partial charge on any atom is -0.475 e. The standard InChI is InChI=1S/C20H20Cl2FN5O3/c1-19(2,3)31-17(29)20-4-8-6-27-10(9(5-20)28(8)20)7-30-16-11-13(12(23)14(21)25-16)24-18(22)26-15(11)27/h8-10H,4-7H2,1-3H3/t8-,9+,10+,20?/m0/s1. The molecule has 2 aromatic heterocycles. The van der Waals surface area contributed by atoms with Gasteiger partial charge in [0.1, 0.15) is 34.5 Å². The monoisotopic (exact) mass is 467 g/mol. The fourth-order valence-electron chi connectivity index (χ4n) is 5.62. The smallest absolute Gasteiger partial charge is 0.327 e. The molecule has 0 amide bonds. The SMILES string of the molecule is CC(C)(C)OC(=O)C12C[C@H]3CN4c5nc(Cl)nc6c(F)c(Cl)nc(c56)OC[C@@H]4[C@@H](C1)N32. The maximum atomic E-state index is 14.7. The molecule has 1 unspecified atom stereocenters. The van der Waals surface area contributed by atoms with Crippen LogP contribution in [0.1, 0.15) is 33.6 Å². The molecule has 31 heavy (non-hydrogen) atoms. The molecule has 0 aliphatic carbocycles. The molecular formula is C20H20Cl2FN5O3. The van der Waals surface area contributed by atoms with Gasteiger partial charge in [0, 0.05) is 18.6 Å². The summed E-state index contributed by atoms with van der Waals surface area (Å²) in [4.78, 5) is 29.8. The lowest BCUT2D eigenvalue weighted by Gasteiger charge is -2.73. The molecule has 11 heteroatoms. The van der Waals surface area contributed by atoms with E-state index in [1.165, 1.54) is 0 Å². The summed E-state index contributed by atoms with van der Waals surface area (Å²) in [6.07, 6.45) is 1.38. The van der Waals surface area contributed by atoms with E-state index in [0.29, 0.717) is 37.2 Å². The van der Waals surface area contributed by atoms with E-state index in [9.17, 15) is 9.18 Å². The third-order valence-electron chi connectivity index (χ3n) is 6.72. The van der Waals surface area contributed by atoms with Crippen molar-refractivity contribution >= 4 is 45.9 Å². The molecule has 0 aromatic carbocycles. The highest BCUT2D eigenvalue weighted by atomic mass is 35.5. The van der Waals surface area contributed by atoms with E-state index in [4.69, 9.17) is 32.7 Å². The Labute approximate surface area is 187 Å². The fourth-order valence-corrected chi connectivity index (χ4v) is 5.95. The Hall–Kier alpha value is -1.97. The Bertz CT molecular complexity index is 1160. The van der Waals surface area contributed by atoms with Crippen molar-refractivity contribution in [1.29, 1.82) is 0 Å². The van der Waals surface area contributed by atoms with E-state index in [0.717, 1.165) is 0 Å². The van der Waals surface area contributed by atoms with E-state index in [1.54, 1.807) is 0 Å². The highest BCUT2D eigenvalue weighted by Crippen LogP contribution is 2.57. The summed E-state index contributed by atoms with van der Waals surface area (Å²) in [5.74, 6) is -0.218. The molecule has 164 valence electrons. The zero-order chi connectivity index (χ0) is 21.9. The van der Waals surface area contributed by atoms with Gasteiger partial charge < -0.3 is 14.4 Å². The number of halogens is 3. The maximum Gasteiger partial charge on any atom is 0.327 e. The Kier molecular flexibility index (Phi) is 3.86. The van der Waals surface area contributed by atoms with Gasteiger partial charge in [0.2, 0.25) is 11.2 Å². The summed E-state index contributed by atoms with van der Waals surface area (Å²) in [6, 6.07) is 0.147. The number of fused-ring (bicyclic) bond motifs is 3. The minimum atomic E-state index is -0.747. The van der Waals surface area contributed by atoms with E-state index < -0.39 is 17.0 Å². The first-order valence-electron chi connectivity index (χ1n) is 10.2. The number of hydrogen-bond acceptors (Lipinski definition) is 8. The molecular weight excluding hydrogens is 448 g/mol. The predicted octanol–water partition coefficient (Wildman–Crippen LogP) is 2.98. The summed E-state index contributed by atoms with van der Waals surface area (Å²) in [7, 11) is 0. The lowest BCUT2D eigenvalue weighted by Crippen LogP contribution is -2.89. The van der Waals surface area contributed by atoms with Gasteiger partial charge in [-0.2, -0.15) is 9.97 Å². The molecule has 0 bridgehead atoms. The third-order valence-corrected chi connectivity index (χ3v) is 7.14. The second kappa shape index (κ2) is 6.08. The fraction of sp³-hybridized carbons (Fsp3) is 0.600. The molecule has 3 saturated heterocycles. The van der Waals surface area contributed by atoms with E-state index in [-0.39, 0.29) is 45.9 Å². The normalized spacial score (nSPS) is 31.0. The van der Waals surface area contributed by atoms with Crippen LogP contribution in [0.3, 0.4) is 0 Å².